The van der Waals surface area contributed by atoms with Crippen molar-refractivity contribution in [1.29, 1.82) is 0 Å². The van der Waals surface area contributed by atoms with Crippen LogP contribution >= 0.6 is 0 Å². The van der Waals surface area contributed by atoms with E-state index in [0.717, 1.165) is 17.1 Å². The molecule has 4 nitrogen and oxygen atoms in total. The number of carbonyl (C=O) groups is 1. The van der Waals surface area contributed by atoms with E-state index in [0.29, 0.717) is 6.42 Å². The standard InChI is InChI=1S/C15H18N2O2/c1-3-15(18)17-13-8-6-12(7-9-13)16-11(2)14-5-4-10-19-14/h4-11,16H,3H2,1-2H3,(H,17,18). The molecule has 100 valence electrons. The molecule has 2 aromatic rings. The fourth-order valence-corrected chi connectivity index (χ4v) is 1.76. The van der Waals surface area contributed by atoms with Crippen molar-refractivity contribution in [1.82, 2.24) is 0 Å². The van der Waals surface area contributed by atoms with Crippen molar-refractivity contribution in [3.05, 3.63) is 48.4 Å². The average Bonchev–Trinajstić information content (AvgIpc) is 2.95. The van der Waals surface area contributed by atoms with Crippen molar-refractivity contribution in [2.45, 2.75) is 26.3 Å². The number of carbonyl (C=O) groups excluding carboxylic acids is 1. The number of benzene rings is 1. The van der Waals surface area contributed by atoms with Crippen LogP contribution in [0.25, 0.3) is 0 Å². The number of amides is 1. The maximum atomic E-state index is 11.3. The van der Waals surface area contributed by atoms with Crippen molar-refractivity contribution in [2.75, 3.05) is 10.6 Å². The summed E-state index contributed by atoms with van der Waals surface area (Å²) in [4.78, 5) is 11.3. The summed E-state index contributed by atoms with van der Waals surface area (Å²) >= 11 is 0. The zero-order valence-corrected chi connectivity index (χ0v) is 11.1. The van der Waals surface area contributed by atoms with Gasteiger partial charge in [-0.25, -0.2) is 0 Å². The lowest BCUT2D eigenvalue weighted by molar-refractivity contribution is -0.115. The highest BCUT2D eigenvalue weighted by Gasteiger charge is 2.07. The molecule has 0 spiro atoms. The van der Waals surface area contributed by atoms with Crippen LogP contribution in [0.1, 0.15) is 32.1 Å². The lowest BCUT2D eigenvalue weighted by atomic mass is 10.2. The Balaban J connectivity index is 1.97. The van der Waals surface area contributed by atoms with E-state index in [2.05, 4.69) is 10.6 Å². The van der Waals surface area contributed by atoms with Crippen LogP contribution in [0.2, 0.25) is 0 Å². The lowest BCUT2D eigenvalue weighted by Gasteiger charge is -2.13. The van der Waals surface area contributed by atoms with Crippen LogP contribution in [0.5, 0.6) is 0 Å². The van der Waals surface area contributed by atoms with Crippen LogP contribution in [0, 0.1) is 0 Å². The number of hydrogen-bond donors (Lipinski definition) is 2. The highest BCUT2D eigenvalue weighted by Crippen LogP contribution is 2.21. The van der Waals surface area contributed by atoms with Crippen LogP contribution in [0.4, 0.5) is 11.4 Å². The molecule has 0 aliphatic heterocycles. The van der Waals surface area contributed by atoms with Crippen LogP contribution in [0.3, 0.4) is 0 Å². The number of hydrogen-bond acceptors (Lipinski definition) is 3. The molecule has 2 N–H and O–H groups in total. The molecule has 0 aliphatic rings. The average molecular weight is 258 g/mol. The first-order valence-corrected chi connectivity index (χ1v) is 6.39. The normalized spacial score (nSPS) is 11.9. The summed E-state index contributed by atoms with van der Waals surface area (Å²) in [6.07, 6.45) is 2.15. The minimum atomic E-state index is 0.0182. The molecule has 1 heterocycles. The Morgan fingerprint density at radius 1 is 1.21 bits per heavy atom. The van der Waals surface area contributed by atoms with Gasteiger partial charge in [-0.3, -0.25) is 4.79 Å². The summed E-state index contributed by atoms with van der Waals surface area (Å²) in [6, 6.07) is 11.5. The third kappa shape index (κ3) is 3.61. The van der Waals surface area contributed by atoms with Crippen molar-refractivity contribution >= 4 is 17.3 Å². The molecule has 0 aliphatic carbocycles. The van der Waals surface area contributed by atoms with Crippen molar-refractivity contribution in [3.8, 4) is 0 Å². The van der Waals surface area contributed by atoms with Crippen LogP contribution in [-0.2, 0) is 4.79 Å². The summed E-state index contributed by atoms with van der Waals surface area (Å²) in [5.41, 5.74) is 1.79. The van der Waals surface area contributed by atoms with Gasteiger partial charge in [0.25, 0.3) is 0 Å². The second-order valence-electron chi connectivity index (χ2n) is 4.36. The van der Waals surface area contributed by atoms with Crippen molar-refractivity contribution in [2.24, 2.45) is 0 Å². The molecule has 4 heteroatoms. The van der Waals surface area contributed by atoms with E-state index < -0.39 is 0 Å². The van der Waals surface area contributed by atoms with Gasteiger partial charge in [0.05, 0.1) is 12.3 Å². The van der Waals surface area contributed by atoms with Crippen LogP contribution in [0.15, 0.2) is 47.1 Å². The summed E-state index contributed by atoms with van der Waals surface area (Å²) in [7, 11) is 0. The molecule has 19 heavy (non-hydrogen) atoms. The van der Waals surface area contributed by atoms with E-state index in [4.69, 9.17) is 4.42 Å². The molecule has 0 saturated heterocycles. The van der Waals surface area contributed by atoms with Crippen molar-refractivity contribution < 1.29 is 9.21 Å². The maximum Gasteiger partial charge on any atom is 0.224 e. The molecule has 1 atom stereocenters. The predicted octanol–water partition coefficient (Wildman–Crippen LogP) is 3.80. The summed E-state index contributed by atoms with van der Waals surface area (Å²) < 4.78 is 5.34. The van der Waals surface area contributed by atoms with E-state index in [1.54, 1.807) is 6.26 Å². The predicted molar refractivity (Wildman–Crippen MR) is 76.1 cm³/mol. The third-order valence-electron chi connectivity index (χ3n) is 2.84. The number of anilines is 2. The van der Waals surface area contributed by atoms with E-state index in [1.807, 2.05) is 50.2 Å². The van der Waals surface area contributed by atoms with Gasteiger partial charge in [0.15, 0.2) is 0 Å². The highest BCUT2D eigenvalue weighted by atomic mass is 16.3. The smallest absolute Gasteiger partial charge is 0.224 e. The Labute approximate surface area is 112 Å². The minimum Gasteiger partial charge on any atom is -0.467 e. The molecule has 2 rings (SSSR count). The minimum absolute atomic E-state index is 0.0182. The first-order chi connectivity index (χ1) is 9.19. The summed E-state index contributed by atoms with van der Waals surface area (Å²) in [5.74, 6) is 0.910. The number of nitrogens with one attached hydrogen (secondary N) is 2. The molecule has 1 aromatic heterocycles. The number of rotatable bonds is 5. The Morgan fingerprint density at radius 3 is 2.47 bits per heavy atom. The van der Waals surface area contributed by atoms with Crippen molar-refractivity contribution in [3.63, 3.8) is 0 Å². The van der Waals surface area contributed by atoms with Gasteiger partial charge in [0, 0.05) is 17.8 Å². The van der Waals surface area contributed by atoms with Gasteiger partial charge in [0.1, 0.15) is 5.76 Å². The molecule has 1 amide bonds. The van der Waals surface area contributed by atoms with Crippen LogP contribution in [-0.4, -0.2) is 5.91 Å². The zero-order chi connectivity index (χ0) is 13.7. The largest absolute Gasteiger partial charge is 0.467 e. The fourth-order valence-electron chi connectivity index (χ4n) is 1.76. The van der Waals surface area contributed by atoms with Gasteiger partial charge in [-0.1, -0.05) is 6.92 Å². The Hall–Kier alpha value is -2.23. The Bertz CT molecular complexity index is 518. The summed E-state index contributed by atoms with van der Waals surface area (Å²) in [6.45, 7) is 3.86. The Kier molecular flexibility index (Phi) is 4.23. The van der Waals surface area contributed by atoms with Gasteiger partial charge >= 0.3 is 0 Å². The molecule has 1 aromatic carbocycles. The molecule has 0 saturated carbocycles. The fraction of sp³-hybridized carbons (Fsp3) is 0.267. The van der Waals surface area contributed by atoms with Gasteiger partial charge in [-0.05, 0) is 43.3 Å². The zero-order valence-electron chi connectivity index (χ0n) is 11.1. The molecule has 0 fully saturated rings. The second-order valence-corrected chi connectivity index (χ2v) is 4.36. The van der Waals surface area contributed by atoms with Gasteiger partial charge in [0.2, 0.25) is 5.91 Å². The number of furan rings is 1. The summed E-state index contributed by atoms with van der Waals surface area (Å²) in [5, 5.41) is 6.15. The molecular weight excluding hydrogens is 240 g/mol. The molecule has 0 bridgehead atoms. The lowest BCUT2D eigenvalue weighted by Crippen LogP contribution is -2.09. The third-order valence-corrected chi connectivity index (χ3v) is 2.84. The Morgan fingerprint density at radius 2 is 1.89 bits per heavy atom. The monoisotopic (exact) mass is 258 g/mol. The maximum absolute atomic E-state index is 11.3. The molecule has 1 unspecified atom stereocenters. The first kappa shape index (κ1) is 13.2. The van der Waals surface area contributed by atoms with Gasteiger partial charge in [-0.15, -0.1) is 0 Å². The van der Waals surface area contributed by atoms with E-state index in [9.17, 15) is 4.79 Å². The topological polar surface area (TPSA) is 54.3 Å². The molecular formula is C15H18N2O2. The first-order valence-electron chi connectivity index (χ1n) is 6.39. The quantitative estimate of drug-likeness (QED) is 0.857. The second kappa shape index (κ2) is 6.09. The van der Waals surface area contributed by atoms with E-state index in [1.165, 1.54) is 0 Å². The van der Waals surface area contributed by atoms with E-state index in [-0.39, 0.29) is 11.9 Å². The highest BCUT2D eigenvalue weighted by molar-refractivity contribution is 5.90. The van der Waals surface area contributed by atoms with E-state index >= 15 is 0 Å². The van der Waals surface area contributed by atoms with Gasteiger partial charge in [-0.2, -0.15) is 0 Å². The van der Waals surface area contributed by atoms with Crippen LogP contribution < -0.4 is 10.6 Å². The SMILES string of the molecule is CCC(=O)Nc1ccc(NC(C)c2ccco2)cc1. The van der Waals surface area contributed by atoms with Gasteiger partial charge < -0.3 is 15.1 Å². The molecule has 0 radical (unpaired) electrons.